The number of anilines is 4. The number of aromatic nitrogens is 2. The number of para-hydroxylation sites is 1. The highest BCUT2D eigenvalue weighted by Crippen LogP contribution is 2.33. The molecule has 1 aromatic heterocycles. The maximum absolute atomic E-state index is 6.02. The van der Waals surface area contributed by atoms with Crippen LogP contribution in [0, 0.1) is 0 Å². The van der Waals surface area contributed by atoms with Gasteiger partial charge in [-0.1, -0.05) is 35.9 Å². The van der Waals surface area contributed by atoms with Crippen LogP contribution in [0.1, 0.15) is 5.56 Å². The van der Waals surface area contributed by atoms with Crippen LogP contribution in [-0.2, 0) is 6.42 Å². The van der Waals surface area contributed by atoms with Gasteiger partial charge in [-0.2, -0.15) is 0 Å². The standard InChI is InChI=1S/C18H15ClN4/c19-14-5-3-6-15(10-14)22-17-11-18(21-12-20-17)23-9-8-13-4-1-2-7-16(13)23/h1-7,10-12H,8-9H2,(H,20,21,22). The van der Waals surface area contributed by atoms with Crippen LogP contribution in [0.15, 0.2) is 60.9 Å². The van der Waals surface area contributed by atoms with Crippen molar-refractivity contribution in [2.75, 3.05) is 16.8 Å². The van der Waals surface area contributed by atoms with E-state index in [1.165, 1.54) is 11.3 Å². The molecule has 0 saturated carbocycles. The van der Waals surface area contributed by atoms with Crippen molar-refractivity contribution in [3.8, 4) is 0 Å². The molecule has 0 bridgehead atoms. The van der Waals surface area contributed by atoms with Crippen molar-refractivity contribution < 1.29 is 0 Å². The normalized spacial score (nSPS) is 13.0. The van der Waals surface area contributed by atoms with Crippen LogP contribution in [0.2, 0.25) is 5.02 Å². The summed E-state index contributed by atoms with van der Waals surface area (Å²) in [7, 11) is 0. The lowest BCUT2D eigenvalue weighted by atomic mass is 10.2. The minimum absolute atomic E-state index is 0.692. The van der Waals surface area contributed by atoms with Gasteiger partial charge in [0.05, 0.1) is 0 Å². The molecular weight excluding hydrogens is 308 g/mol. The van der Waals surface area contributed by atoms with Crippen LogP contribution in [-0.4, -0.2) is 16.5 Å². The molecule has 114 valence electrons. The quantitative estimate of drug-likeness (QED) is 0.767. The molecule has 0 amide bonds. The summed E-state index contributed by atoms with van der Waals surface area (Å²) < 4.78 is 0. The summed E-state index contributed by atoms with van der Waals surface area (Å²) >= 11 is 6.02. The number of nitrogens with zero attached hydrogens (tertiary/aromatic N) is 3. The fraction of sp³-hybridized carbons (Fsp3) is 0.111. The van der Waals surface area contributed by atoms with Gasteiger partial charge in [-0.05, 0) is 36.2 Å². The monoisotopic (exact) mass is 322 g/mol. The van der Waals surface area contributed by atoms with Crippen molar-refractivity contribution >= 4 is 34.6 Å². The van der Waals surface area contributed by atoms with Crippen LogP contribution >= 0.6 is 11.6 Å². The van der Waals surface area contributed by atoms with E-state index in [0.717, 1.165) is 30.3 Å². The Hall–Kier alpha value is -2.59. The average molecular weight is 323 g/mol. The van der Waals surface area contributed by atoms with Crippen LogP contribution in [0.4, 0.5) is 23.0 Å². The molecule has 2 aromatic carbocycles. The maximum atomic E-state index is 6.02. The molecule has 0 fully saturated rings. The molecule has 0 aliphatic carbocycles. The average Bonchev–Trinajstić information content (AvgIpc) is 2.99. The van der Waals surface area contributed by atoms with Crippen LogP contribution in [0.25, 0.3) is 0 Å². The number of nitrogens with one attached hydrogen (secondary N) is 1. The van der Waals surface area contributed by atoms with Crippen molar-refractivity contribution in [3.05, 3.63) is 71.5 Å². The number of benzene rings is 2. The molecule has 23 heavy (non-hydrogen) atoms. The molecule has 1 N–H and O–H groups in total. The Morgan fingerprint density at radius 3 is 2.83 bits per heavy atom. The summed E-state index contributed by atoms with van der Waals surface area (Å²) in [6, 6.07) is 18.0. The van der Waals surface area contributed by atoms with Crippen molar-refractivity contribution in [2.24, 2.45) is 0 Å². The fourth-order valence-corrected chi connectivity index (χ4v) is 3.04. The minimum atomic E-state index is 0.692. The molecule has 4 rings (SSSR count). The number of hydrogen-bond acceptors (Lipinski definition) is 4. The molecule has 3 aromatic rings. The molecule has 0 saturated heterocycles. The summed E-state index contributed by atoms with van der Waals surface area (Å²) in [6.07, 6.45) is 2.63. The Kier molecular flexibility index (Phi) is 3.60. The Morgan fingerprint density at radius 2 is 1.91 bits per heavy atom. The van der Waals surface area contributed by atoms with Gasteiger partial charge in [-0.25, -0.2) is 9.97 Å². The Bertz CT molecular complexity index is 850. The maximum Gasteiger partial charge on any atom is 0.138 e. The van der Waals surface area contributed by atoms with Crippen molar-refractivity contribution in [2.45, 2.75) is 6.42 Å². The SMILES string of the molecule is Clc1cccc(Nc2cc(N3CCc4ccccc43)ncn2)c1. The predicted molar refractivity (Wildman–Crippen MR) is 93.9 cm³/mol. The van der Waals surface area contributed by atoms with Gasteiger partial charge in [-0.15, -0.1) is 0 Å². The second-order valence-electron chi connectivity index (χ2n) is 5.43. The molecular formula is C18H15ClN4. The van der Waals surface area contributed by atoms with Gasteiger partial charge in [0, 0.05) is 29.0 Å². The van der Waals surface area contributed by atoms with E-state index in [0.29, 0.717) is 5.02 Å². The first-order chi connectivity index (χ1) is 11.3. The highest BCUT2D eigenvalue weighted by molar-refractivity contribution is 6.30. The largest absolute Gasteiger partial charge is 0.340 e. The number of fused-ring (bicyclic) bond motifs is 1. The molecule has 5 heteroatoms. The van der Waals surface area contributed by atoms with Gasteiger partial charge in [-0.3, -0.25) is 0 Å². The van der Waals surface area contributed by atoms with E-state index in [1.54, 1.807) is 6.33 Å². The van der Waals surface area contributed by atoms with E-state index in [9.17, 15) is 0 Å². The van der Waals surface area contributed by atoms with E-state index < -0.39 is 0 Å². The summed E-state index contributed by atoms with van der Waals surface area (Å²) in [5.74, 6) is 1.65. The van der Waals surface area contributed by atoms with Gasteiger partial charge in [0.25, 0.3) is 0 Å². The Labute approximate surface area is 139 Å². The van der Waals surface area contributed by atoms with E-state index >= 15 is 0 Å². The smallest absolute Gasteiger partial charge is 0.138 e. The topological polar surface area (TPSA) is 41.0 Å². The second kappa shape index (κ2) is 5.89. The fourth-order valence-electron chi connectivity index (χ4n) is 2.85. The van der Waals surface area contributed by atoms with E-state index in [2.05, 4.69) is 44.5 Å². The Balaban J connectivity index is 1.62. The van der Waals surface area contributed by atoms with Gasteiger partial charge < -0.3 is 10.2 Å². The number of hydrogen-bond donors (Lipinski definition) is 1. The highest BCUT2D eigenvalue weighted by atomic mass is 35.5. The third kappa shape index (κ3) is 2.85. The molecule has 0 atom stereocenters. The summed E-state index contributed by atoms with van der Waals surface area (Å²) in [5, 5.41) is 3.96. The Morgan fingerprint density at radius 1 is 1.00 bits per heavy atom. The second-order valence-corrected chi connectivity index (χ2v) is 5.86. The van der Waals surface area contributed by atoms with Crippen molar-refractivity contribution in [3.63, 3.8) is 0 Å². The molecule has 0 radical (unpaired) electrons. The first kappa shape index (κ1) is 14.0. The van der Waals surface area contributed by atoms with E-state index in [-0.39, 0.29) is 0 Å². The first-order valence-electron chi connectivity index (χ1n) is 7.50. The van der Waals surface area contributed by atoms with Gasteiger partial charge in [0.15, 0.2) is 0 Å². The van der Waals surface area contributed by atoms with Crippen LogP contribution in [0.3, 0.4) is 0 Å². The van der Waals surface area contributed by atoms with Crippen LogP contribution < -0.4 is 10.2 Å². The molecule has 4 nitrogen and oxygen atoms in total. The van der Waals surface area contributed by atoms with E-state index in [1.807, 2.05) is 30.3 Å². The first-order valence-corrected chi connectivity index (χ1v) is 7.87. The lowest BCUT2D eigenvalue weighted by molar-refractivity contribution is 0.965. The van der Waals surface area contributed by atoms with Gasteiger partial charge in [0.1, 0.15) is 18.0 Å². The summed E-state index contributed by atoms with van der Waals surface area (Å²) in [5.41, 5.74) is 3.49. The van der Waals surface area contributed by atoms with Gasteiger partial charge in [0.2, 0.25) is 0 Å². The number of rotatable bonds is 3. The lowest BCUT2D eigenvalue weighted by Gasteiger charge is -2.18. The third-order valence-corrected chi connectivity index (χ3v) is 4.15. The molecule has 1 aliphatic heterocycles. The predicted octanol–water partition coefficient (Wildman–Crippen LogP) is 4.57. The molecule has 1 aliphatic rings. The van der Waals surface area contributed by atoms with Crippen molar-refractivity contribution in [1.82, 2.24) is 9.97 Å². The molecule has 0 spiro atoms. The number of halogens is 1. The van der Waals surface area contributed by atoms with E-state index in [4.69, 9.17) is 11.6 Å². The van der Waals surface area contributed by atoms with Crippen LogP contribution in [0.5, 0.6) is 0 Å². The third-order valence-electron chi connectivity index (χ3n) is 3.91. The molecule has 2 heterocycles. The minimum Gasteiger partial charge on any atom is -0.340 e. The molecule has 0 unspecified atom stereocenters. The zero-order valence-corrected chi connectivity index (χ0v) is 13.2. The zero-order chi connectivity index (χ0) is 15.6. The summed E-state index contributed by atoms with van der Waals surface area (Å²) in [6.45, 7) is 0.937. The van der Waals surface area contributed by atoms with Crippen molar-refractivity contribution in [1.29, 1.82) is 0 Å². The van der Waals surface area contributed by atoms with Gasteiger partial charge >= 0.3 is 0 Å². The summed E-state index contributed by atoms with van der Waals surface area (Å²) in [4.78, 5) is 11.0. The highest BCUT2D eigenvalue weighted by Gasteiger charge is 2.20. The zero-order valence-electron chi connectivity index (χ0n) is 12.4. The lowest BCUT2D eigenvalue weighted by Crippen LogP contribution is -2.15.